The lowest BCUT2D eigenvalue weighted by Crippen LogP contribution is -2.44. The van der Waals surface area contributed by atoms with Crippen molar-refractivity contribution in [3.8, 4) is 0 Å². The Morgan fingerprint density at radius 2 is 1.68 bits per heavy atom. The van der Waals surface area contributed by atoms with E-state index in [0.717, 1.165) is 59.7 Å². The molecule has 0 atom stereocenters. The van der Waals surface area contributed by atoms with Crippen LogP contribution in [0.2, 0.25) is 0 Å². The van der Waals surface area contributed by atoms with Gasteiger partial charge in [-0.3, -0.25) is 25.0 Å². The van der Waals surface area contributed by atoms with E-state index in [1.54, 1.807) is 18.2 Å². The minimum atomic E-state index is -0.771. The Morgan fingerprint density at radius 3 is 2.29 bits per heavy atom. The molecule has 0 aliphatic carbocycles. The molecule has 0 spiro atoms. The number of hydrogen-bond acceptors (Lipinski definition) is 9. The van der Waals surface area contributed by atoms with Crippen LogP contribution in [0.25, 0.3) is 10.2 Å². The fourth-order valence-corrected chi connectivity index (χ4v) is 4.32. The summed E-state index contributed by atoms with van der Waals surface area (Å²) in [5.41, 5.74) is 0.0785. The second-order valence-corrected chi connectivity index (χ2v) is 8.18. The molecular weight excluding hydrogens is 424 g/mol. The van der Waals surface area contributed by atoms with Crippen molar-refractivity contribution in [2.75, 3.05) is 43.4 Å². The average Bonchev–Trinajstić information content (AvgIpc) is 3.17. The van der Waals surface area contributed by atoms with Crippen molar-refractivity contribution >= 4 is 49.7 Å². The lowest BCUT2D eigenvalue weighted by Gasteiger charge is -2.31. The van der Waals surface area contributed by atoms with E-state index in [0.29, 0.717) is 5.69 Å². The van der Waals surface area contributed by atoms with E-state index in [-0.39, 0.29) is 5.56 Å². The largest absolute Gasteiger partial charge is 0.345 e. The van der Waals surface area contributed by atoms with Crippen LogP contribution in [0.4, 0.5) is 22.2 Å². The van der Waals surface area contributed by atoms with Crippen LogP contribution in [0.3, 0.4) is 0 Å². The third kappa shape index (κ3) is 4.44. The Labute approximate surface area is 180 Å². The third-order valence-electron chi connectivity index (χ3n) is 5.00. The van der Waals surface area contributed by atoms with Gasteiger partial charge in [-0.25, -0.2) is 4.98 Å². The zero-order valence-electron chi connectivity index (χ0n) is 16.5. The molecule has 11 nitrogen and oxygen atoms in total. The SMILES string of the molecule is CN1CCN(c2nc3ccc(NC(=O)c4cc([N+](=O)[O-])cc([N+](=O)[O-])c4)cc3s2)CC1. The second kappa shape index (κ2) is 8.24. The van der Waals surface area contributed by atoms with Gasteiger partial charge in [0.05, 0.1) is 31.7 Å². The molecule has 1 N–H and O–H groups in total. The molecule has 1 saturated heterocycles. The Hall–Kier alpha value is -3.64. The number of likely N-dealkylation sites (N-methyl/N-ethyl adjacent to an activating group) is 1. The molecule has 1 amide bonds. The number of aromatic nitrogens is 1. The van der Waals surface area contributed by atoms with Crippen molar-refractivity contribution in [2.45, 2.75) is 0 Å². The molecule has 1 fully saturated rings. The highest BCUT2D eigenvalue weighted by atomic mass is 32.1. The van der Waals surface area contributed by atoms with E-state index in [4.69, 9.17) is 0 Å². The molecule has 2 heterocycles. The number of nitrogens with zero attached hydrogens (tertiary/aromatic N) is 5. The number of nitro groups is 2. The van der Waals surface area contributed by atoms with Crippen LogP contribution in [0, 0.1) is 20.2 Å². The van der Waals surface area contributed by atoms with Crippen molar-refractivity contribution in [1.82, 2.24) is 9.88 Å². The van der Waals surface area contributed by atoms with Crippen LogP contribution >= 0.6 is 11.3 Å². The van der Waals surface area contributed by atoms with E-state index < -0.39 is 27.1 Å². The summed E-state index contributed by atoms with van der Waals surface area (Å²) in [5.74, 6) is -0.671. The van der Waals surface area contributed by atoms with Crippen LogP contribution in [0.1, 0.15) is 10.4 Å². The summed E-state index contributed by atoms with van der Waals surface area (Å²) < 4.78 is 0.886. The Bertz CT molecular complexity index is 1160. The van der Waals surface area contributed by atoms with Crippen LogP contribution in [0.15, 0.2) is 36.4 Å². The summed E-state index contributed by atoms with van der Waals surface area (Å²) in [6.07, 6.45) is 0. The van der Waals surface area contributed by atoms with E-state index in [1.165, 1.54) is 11.3 Å². The molecule has 0 radical (unpaired) electrons. The van der Waals surface area contributed by atoms with Crippen molar-refractivity contribution in [1.29, 1.82) is 0 Å². The fraction of sp³-hybridized carbons (Fsp3) is 0.263. The first-order chi connectivity index (χ1) is 14.8. The average molecular weight is 442 g/mol. The molecule has 160 valence electrons. The molecule has 12 heteroatoms. The van der Waals surface area contributed by atoms with Gasteiger partial charge in [-0.15, -0.1) is 0 Å². The molecule has 1 aliphatic rings. The number of rotatable bonds is 5. The van der Waals surface area contributed by atoms with Gasteiger partial charge in [0.25, 0.3) is 17.3 Å². The summed E-state index contributed by atoms with van der Waals surface area (Å²) >= 11 is 1.52. The zero-order valence-corrected chi connectivity index (χ0v) is 17.3. The first-order valence-corrected chi connectivity index (χ1v) is 10.2. The van der Waals surface area contributed by atoms with Gasteiger partial charge in [0.15, 0.2) is 5.13 Å². The maximum atomic E-state index is 12.6. The van der Waals surface area contributed by atoms with Crippen LogP contribution in [-0.2, 0) is 0 Å². The summed E-state index contributed by atoms with van der Waals surface area (Å²) in [6, 6.07) is 8.09. The minimum Gasteiger partial charge on any atom is -0.345 e. The normalized spacial score (nSPS) is 14.5. The molecule has 3 aromatic rings. The standard InChI is InChI=1S/C19H18N6O5S/c1-22-4-6-23(7-5-22)19-21-16-3-2-13(10-17(16)31-19)20-18(26)12-8-14(24(27)28)11-15(9-12)25(29)30/h2-3,8-11H,4-7H2,1H3,(H,20,26). The lowest BCUT2D eigenvalue weighted by atomic mass is 10.1. The summed E-state index contributed by atoms with van der Waals surface area (Å²) in [5, 5.41) is 25.7. The van der Waals surface area contributed by atoms with Gasteiger partial charge < -0.3 is 15.1 Å². The number of hydrogen-bond donors (Lipinski definition) is 1. The zero-order chi connectivity index (χ0) is 22.1. The molecule has 1 aromatic heterocycles. The summed E-state index contributed by atoms with van der Waals surface area (Å²) in [6.45, 7) is 3.72. The maximum absolute atomic E-state index is 12.6. The first kappa shape index (κ1) is 20.6. The predicted octanol–water partition coefficient (Wildman–Crippen LogP) is 3.12. The van der Waals surface area contributed by atoms with Crippen LogP contribution in [-0.4, -0.2) is 58.9 Å². The number of carbonyl (C=O) groups excluding carboxylic acids is 1. The number of non-ortho nitro benzene ring substituents is 2. The van der Waals surface area contributed by atoms with E-state index >= 15 is 0 Å². The fourth-order valence-electron chi connectivity index (χ4n) is 3.26. The Kier molecular flexibility index (Phi) is 5.48. The summed E-state index contributed by atoms with van der Waals surface area (Å²) in [7, 11) is 2.08. The van der Waals surface area contributed by atoms with E-state index in [9.17, 15) is 25.0 Å². The number of thiazole rings is 1. The highest BCUT2D eigenvalue weighted by Crippen LogP contribution is 2.31. The van der Waals surface area contributed by atoms with Gasteiger partial charge in [-0.2, -0.15) is 0 Å². The predicted molar refractivity (Wildman–Crippen MR) is 117 cm³/mol. The highest BCUT2D eigenvalue weighted by Gasteiger charge is 2.21. The van der Waals surface area contributed by atoms with Gasteiger partial charge in [-0.05, 0) is 25.2 Å². The van der Waals surface area contributed by atoms with Gasteiger partial charge in [0, 0.05) is 44.0 Å². The van der Waals surface area contributed by atoms with Crippen LogP contribution in [0.5, 0.6) is 0 Å². The molecule has 1 aliphatic heterocycles. The van der Waals surface area contributed by atoms with Gasteiger partial charge in [-0.1, -0.05) is 11.3 Å². The monoisotopic (exact) mass is 442 g/mol. The van der Waals surface area contributed by atoms with Crippen molar-refractivity contribution in [3.05, 3.63) is 62.2 Å². The number of benzene rings is 2. The highest BCUT2D eigenvalue weighted by molar-refractivity contribution is 7.22. The number of amides is 1. The number of anilines is 2. The van der Waals surface area contributed by atoms with Crippen molar-refractivity contribution < 1.29 is 14.6 Å². The molecule has 4 rings (SSSR count). The second-order valence-electron chi connectivity index (χ2n) is 7.18. The molecule has 2 aromatic carbocycles. The quantitative estimate of drug-likeness (QED) is 0.470. The smallest absolute Gasteiger partial charge is 0.277 e. The summed E-state index contributed by atoms with van der Waals surface area (Å²) in [4.78, 5) is 42.3. The number of carbonyl (C=O) groups is 1. The molecule has 0 saturated carbocycles. The topological polar surface area (TPSA) is 135 Å². The molecule has 0 bridgehead atoms. The van der Waals surface area contributed by atoms with Crippen molar-refractivity contribution in [3.63, 3.8) is 0 Å². The maximum Gasteiger partial charge on any atom is 0.277 e. The number of nitro benzene ring substituents is 2. The number of fused-ring (bicyclic) bond motifs is 1. The van der Waals surface area contributed by atoms with E-state index in [2.05, 4.69) is 27.1 Å². The van der Waals surface area contributed by atoms with Gasteiger partial charge in [0.1, 0.15) is 0 Å². The van der Waals surface area contributed by atoms with Crippen molar-refractivity contribution in [2.24, 2.45) is 0 Å². The number of piperazine rings is 1. The molecular formula is C19H18N6O5S. The van der Waals surface area contributed by atoms with Crippen LogP contribution < -0.4 is 10.2 Å². The van der Waals surface area contributed by atoms with Gasteiger partial charge in [0.2, 0.25) is 0 Å². The Balaban J connectivity index is 1.56. The third-order valence-corrected chi connectivity index (χ3v) is 6.07. The number of nitrogens with one attached hydrogen (secondary N) is 1. The molecule has 31 heavy (non-hydrogen) atoms. The minimum absolute atomic E-state index is 0.163. The lowest BCUT2D eigenvalue weighted by molar-refractivity contribution is -0.394. The Morgan fingerprint density at radius 1 is 1.03 bits per heavy atom. The molecule has 0 unspecified atom stereocenters. The first-order valence-electron chi connectivity index (χ1n) is 9.39. The van der Waals surface area contributed by atoms with Gasteiger partial charge >= 0.3 is 0 Å². The van der Waals surface area contributed by atoms with E-state index in [1.807, 2.05) is 0 Å².